The van der Waals surface area contributed by atoms with E-state index in [4.69, 9.17) is 0 Å². The molecule has 10 heteroatoms. The van der Waals surface area contributed by atoms with Gasteiger partial charge < -0.3 is 5.32 Å². The van der Waals surface area contributed by atoms with Crippen LogP contribution in [0.3, 0.4) is 0 Å². The lowest BCUT2D eigenvalue weighted by atomic mass is 10.2. The molecule has 3 rings (SSSR count). The zero-order valence-corrected chi connectivity index (χ0v) is 16.4. The fourth-order valence-corrected chi connectivity index (χ4v) is 3.85. The summed E-state index contributed by atoms with van der Waals surface area (Å²) in [7, 11) is -4.15. The number of aromatic amines is 1. The molecule has 1 heterocycles. The second-order valence-electron chi connectivity index (χ2n) is 6.42. The van der Waals surface area contributed by atoms with E-state index in [-0.39, 0.29) is 23.4 Å². The predicted octanol–water partition coefficient (Wildman–Crippen LogP) is 3.04. The number of carbonyl (C=O) groups excluding carboxylic acids is 1. The van der Waals surface area contributed by atoms with Gasteiger partial charge >= 0.3 is 0 Å². The largest absolute Gasteiger partial charge is 0.348 e. The quantitative estimate of drug-likeness (QED) is 0.570. The first kappa shape index (κ1) is 20.5. The molecule has 0 saturated carbocycles. The zero-order valence-electron chi connectivity index (χ0n) is 15.6. The number of halogens is 2. The van der Waals surface area contributed by atoms with Crippen LogP contribution in [0.15, 0.2) is 47.5 Å². The second kappa shape index (κ2) is 8.00. The van der Waals surface area contributed by atoms with Gasteiger partial charge in [-0.05, 0) is 32.0 Å². The number of aryl methyl sites for hydroxylation is 2. The maximum Gasteiger partial charge on any atom is 0.282 e. The van der Waals surface area contributed by atoms with E-state index < -0.39 is 32.6 Å². The summed E-state index contributed by atoms with van der Waals surface area (Å²) in [5.74, 6) is -2.31. The Labute approximate surface area is 166 Å². The number of H-pyrrole nitrogens is 1. The van der Waals surface area contributed by atoms with Gasteiger partial charge in [-0.1, -0.05) is 23.8 Å². The summed E-state index contributed by atoms with van der Waals surface area (Å²) in [5.41, 5.74) is 1.37. The third-order valence-corrected chi connectivity index (χ3v) is 5.46. The summed E-state index contributed by atoms with van der Waals surface area (Å²) < 4.78 is 54.5. The first-order chi connectivity index (χ1) is 13.7. The molecule has 7 nitrogen and oxygen atoms in total. The van der Waals surface area contributed by atoms with Crippen molar-refractivity contribution in [2.45, 2.75) is 25.4 Å². The van der Waals surface area contributed by atoms with Crippen LogP contribution in [-0.4, -0.2) is 24.5 Å². The maximum atomic E-state index is 13.7. The number of hydrogen-bond donors (Lipinski definition) is 3. The Morgan fingerprint density at radius 1 is 1.10 bits per heavy atom. The summed E-state index contributed by atoms with van der Waals surface area (Å²) in [6, 6.07) is 9.61. The molecule has 3 N–H and O–H groups in total. The van der Waals surface area contributed by atoms with Crippen LogP contribution in [0.1, 0.15) is 27.2 Å². The molecular formula is C19H18F2N4O3S. The number of amides is 1. The third-order valence-electron chi connectivity index (χ3n) is 4.15. The van der Waals surface area contributed by atoms with Gasteiger partial charge in [0.05, 0.1) is 0 Å². The molecule has 0 fully saturated rings. The highest BCUT2D eigenvalue weighted by Crippen LogP contribution is 2.20. The Hall–Kier alpha value is -3.27. The SMILES string of the molecule is Cc1ccc(NS(=O)(=O)c2n[nH]c(C)c2C(=O)NCc2ccc(F)cc2F)cc1. The highest BCUT2D eigenvalue weighted by atomic mass is 32.2. The molecule has 0 aliphatic heterocycles. The van der Waals surface area contributed by atoms with E-state index in [0.29, 0.717) is 11.8 Å². The van der Waals surface area contributed by atoms with Crippen molar-refractivity contribution in [3.8, 4) is 0 Å². The molecule has 1 amide bonds. The van der Waals surface area contributed by atoms with Gasteiger partial charge in [-0.3, -0.25) is 14.6 Å². The lowest BCUT2D eigenvalue weighted by molar-refractivity contribution is 0.0946. The van der Waals surface area contributed by atoms with Gasteiger partial charge in [0.1, 0.15) is 17.2 Å². The smallest absolute Gasteiger partial charge is 0.282 e. The second-order valence-corrected chi connectivity index (χ2v) is 8.02. The van der Waals surface area contributed by atoms with Gasteiger partial charge in [0.25, 0.3) is 15.9 Å². The van der Waals surface area contributed by atoms with Crippen molar-refractivity contribution < 1.29 is 22.0 Å². The van der Waals surface area contributed by atoms with Crippen LogP contribution in [-0.2, 0) is 16.6 Å². The number of rotatable bonds is 6. The number of anilines is 1. The van der Waals surface area contributed by atoms with Gasteiger partial charge in [-0.2, -0.15) is 13.5 Å². The van der Waals surface area contributed by atoms with Gasteiger partial charge in [0.15, 0.2) is 0 Å². The lowest BCUT2D eigenvalue weighted by Crippen LogP contribution is -2.26. The fourth-order valence-electron chi connectivity index (χ4n) is 2.62. The molecule has 152 valence electrons. The fraction of sp³-hybridized carbons (Fsp3) is 0.158. The molecule has 0 radical (unpaired) electrons. The van der Waals surface area contributed by atoms with E-state index in [1.807, 2.05) is 6.92 Å². The summed E-state index contributed by atoms with van der Waals surface area (Å²) in [4.78, 5) is 12.6. The van der Waals surface area contributed by atoms with Crippen molar-refractivity contribution >= 4 is 21.6 Å². The number of nitrogens with zero attached hydrogens (tertiary/aromatic N) is 1. The molecule has 3 aromatic rings. The third kappa shape index (κ3) is 4.60. The highest BCUT2D eigenvalue weighted by Gasteiger charge is 2.28. The molecule has 2 aromatic carbocycles. The van der Waals surface area contributed by atoms with Crippen LogP contribution in [0.5, 0.6) is 0 Å². The van der Waals surface area contributed by atoms with Gasteiger partial charge in [-0.25, -0.2) is 8.78 Å². The average Bonchev–Trinajstić information content (AvgIpc) is 3.05. The number of carbonyl (C=O) groups is 1. The Balaban J connectivity index is 1.82. The predicted molar refractivity (Wildman–Crippen MR) is 103 cm³/mol. The van der Waals surface area contributed by atoms with Crippen LogP contribution < -0.4 is 10.0 Å². The maximum absolute atomic E-state index is 13.7. The van der Waals surface area contributed by atoms with Crippen LogP contribution in [0.4, 0.5) is 14.5 Å². The van der Waals surface area contributed by atoms with Crippen molar-refractivity contribution in [2.75, 3.05) is 4.72 Å². The van der Waals surface area contributed by atoms with E-state index in [2.05, 4.69) is 20.2 Å². The molecule has 0 atom stereocenters. The molecule has 29 heavy (non-hydrogen) atoms. The zero-order chi connectivity index (χ0) is 21.2. The minimum Gasteiger partial charge on any atom is -0.348 e. The average molecular weight is 420 g/mol. The van der Waals surface area contributed by atoms with Crippen molar-refractivity contribution in [2.24, 2.45) is 0 Å². The van der Waals surface area contributed by atoms with Crippen LogP contribution in [0.25, 0.3) is 0 Å². The summed E-state index contributed by atoms with van der Waals surface area (Å²) in [6.45, 7) is 3.10. The Kier molecular flexibility index (Phi) is 5.64. The highest BCUT2D eigenvalue weighted by molar-refractivity contribution is 7.92. The standard InChI is InChI=1S/C19H18F2N4O3S/c1-11-3-7-15(8-4-11)25-29(27,28)19-17(12(2)23-24-19)18(26)22-10-13-5-6-14(20)9-16(13)21/h3-9,25H,10H2,1-2H3,(H,22,26)(H,23,24). The molecule has 0 unspecified atom stereocenters. The van der Waals surface area contributed by atoms with Crippen LogP contribution in [0, 0.1) is 25.5 Å². The van der Waals surface area contributed by atoms with Crippen molar-refractivity contribution in [1.29, 1.82) is 0 Å². The monoisotopic (exact) mass is 420 g/mol. The normalized spacial score (nSPS) is 11.3. The number of hydrogen-bond acceptors (Lipinski definition) is 4. The van der Waals surface area contributed by atoms with Crippen LogP contribution in [0.2, 0.25) is 0 Å². The minimum absolute atomic E-state index is 0.0584. The lowest BCUT2D eigenvalue weighted by Gasteiger charge is -2.10. The number of aromatic nitrogens is 2. The van der Waals surface area contributed by atoms with Gasteiger partial charge in [0, 0.05) is 29.6 Å². The van der Waals surface area contributed by atoms with Crippen molar-refractivity contribution in [1.82, 2.24) is 15.5 Å². The molecule has 0 spiro atoms. The molecule has 0 saturated heterocycles. The Morgan fingerprint density at radius 2 is 1.79 bits per heavy atom. The molecule has 1 aromatic heterocycles. The molecule has 0 aliphatic rings. The van der Waals surface area contributed by atoms with E-state index in [9.17, 15) is 22.0 Å². The van der Waals surface area contributed by atoms with Crippen LogP contribution >= 0.6 is 0 Å². The Bertz CT molecular complexity index is 1160. The number of nitrogens with one attached hydrogen (secondary N) is 3. The van der Waals surface area contributed by atoms with E-state index >= 15 is 0 Å². The topological polar surface area (TPSA) is 104 Å². The van der Waals surface area contributed by atoms with Gasteiger partial charge in [-0.15, -0.1) is 0 Å². The summed E-state index contributed by atoms with van der Waals surface area (Å²) in [6.07, 6.45) is 0. The van der Waals surface area contributed by atoms with E-state index in [1.54, 1.807) is 24.3 Å². The first-order valence-corrected chi connectivity index (χ1v) is 10.0. The summed E-state index contributed by atoms with van der Waals surface area (Å²) in [5, 5.41) is 8.18. The molecule has 0 bridgehead atoms. The van der Waals surface area contributed by atoms with Crippen molar-refractivity contribution in [3.05, 3.63) is 76.5 Å². The summed E-state index contributed by atoms with van der Waals surface area (Å²) >= 11 is 0. The minimum atomic E-state index is -4.15. The first-order valence-electron chi connectivity index (χ1n) is 8.54. The number of sulfonamides is 1. The van der Waals surface area contributed by atoms with Crippen molar-refractivity contribution in [3.63, 3.8) is 0 Å². The number of benzene rings is 2. The molecule has 0 aliphatic carbocycles. The van der Waals surface area contributed by atoms with E-state index in [1.165, 1.54) is 13.0 Å². The molecular weight excluding hydrogens is 402 g/mol. The Morgan fingerprint density at radius 3 is 2.45 bits per heavy atom. The van der Waals surface area contributed by atoms with E-state index in [0.717, 1.165) is 11.6 Å². The van der Waals surface area contributed by atoms with Gasteiger partial charge in [0.2, 0.25) is 5.03 Å².